The molecule has 1 fully saturated rings. The number of nitrogens with zero attached hydrogens (tertiary/aromatic N) is 1. The first-order valence-electron chi connectivity index (χ1n) is 6.92. The Morgan fingerprint density at radius 1 is 1.00 bits per heavy atom. The minimum absolute atomic E-state index is 0.482. The Morgan fingerprint density at radius 3 is 2.33 bits per heavy atom. The highest BCUT2D eigenvalue weighted by atomic mass is 35.5. The van der Waals surface area contributed by atoms with Crippen molar-refractivity contribution < 1.29 is 4.29 Å². The summed E-state index contributed by atoms with van der Waals surface area (Å²) < 4.78 is 4.59. The summed E-state index contributed by atoms with van der Waals surface area (Å²) in [6.45, 7) is 4.32. The number of benzene rings is 1. The zero-order valence-electron chi connectivity index (χ0n) is 10.9. The normalized spacial score (nSPS) is 16.9. The van der Waals surface area contributed by atoms with E-state index in [1.807, 2.05) is 0 Å². The third kappa shape index (κ3) is 4.60. The van der Waals surface area contributed by atoms with Crippen molar-refractivity contribution in [3.05, 3.63) is 35.4 Å². The Morgan fingerprint density at radius 2 is 1.67 bits per heavy atom. The average molecular weight is 268 g/mol. The standard InChI is InChI=1S/C15H22ClNO/c16-18-13-15-8-6-14(7-9-15)5-4-12-17-10-2-1-3-11-17/h6-9H,1-5,10-13H2. The summed E-state index contributed by atoms with van der Waals surface area (Å²) in [5.41, 5.74) is 2.54. The summed E-state index contributed by atoms with van der Waals surface area (Å²) in [6, 6.07) is 8.56. The molecule has 1 aliphatic heterocycles. The van der Waals surface area contributed by atoms with Gasteiger partial charge in [0.25, 0.3) is 0 Å². The summed E-state index contributed by atoms with van der Waals surface area (Å²) in [6.07, 6.45) is 6.60. The summed E-state index contributed by atoms with van der Waals surface area (Å²) in [4.78, 5) is 2.60. The van der Waals surface area contributed by atoms with Crippen LogP contribution in [0.2, 0.25) is 0 Å². The topological polar surface area (TPSA) is 12.5 Å². The number of aryl methyl sites for hydroxylation is 1. The maximum Gasteiger partial charge on any atom is 0.0933 e. The summed E-state index contributed by atoms with van der Waals surface area (Å²) in [7, 11) is 0. The fourth-order valence-electron chi connectivity index (χ4n) is 2.55. The second-order valence-electron chi connectivity index (χ2n) is 5.08. The minimum Gasteiger partial charge on any atom is -0.303 e. The van der Waals surface area contributed by atoms with Gasteiger partial charge in [0.2, 0.25) is 0 Å². The molecule has 0 radical (unpaired) electrons. The van der Waals surface area contributed by atoms with Crippen LogP contribution < -0.4 is 0 Å². The van der Waals surface area contributed by atoms with Crippen LogP contribution in [-0.4, -0.2) is 24.5 Å². The SMILES string of the molecule is ClOCc1ccc(CCCN2CCCCC2)cc1. The highest BCUT2D eigenvalue weighted by molar-refractivity contribution is 6.07. The van der Waals surface area contributed by atoms with Crippen LogP contribution in [0.4, 0.5) is 0 Å². The third-order valence-electron chi connectivity index (χ3n) is 3.63. The molecule has 1 saturated heterocycles. The van der Waals surface area contributed by atoms with E-state index >= 15 is 0 Å². The Balaban J connectivity index is 1.69. The van der Waals surface area contributed by atoms with Crippen molar-refractivity contribution >= 4 is 11.9 Å². The molecule has 3 heteroatoms. The molecule has 1 aromatic rings. The molecule has 18 heavy (non-hydrogen) atoms. The molecule has 0 spiro atoms. The number of likely N-dealkylation sites (tertiary alicyclic amines) is 1. The van der Waals surface area contributed by atoms with Crippen molar-refractivity contribution in [3.63, 3.8) is 0 Å². The van der Waals surface area contributed by atoms with Gasteiger partial charge in [0.15, 0.2) is 0 Å². The van der Waals surface area contributed by atoms with Crippen LogP contribution in [0.3, 0.4) is 0 Å². The quantitative estimate of drug-likeness (QED) is 0.778. The maximum atomic E-state index is 5.24. The van der Waals surface area contributed by atoms with Crippen LogP contribution in [0, 0.1) is 0 Å². The Bertz CT molecular complexity index is 333. The predicted molar refractivity (Wildman–Crippen MR) is 75.7 cm³/mol. The number of rotatable bonds is 6. The number of hydrogen-bond acceptors (Lipinski definition) is 2. The van der Waals surface area contributed by atoms with Crippen molar-refractivity contribution in [3.8, 4) is 0 Å². The predicted octanol–water partition coefficient (Wildman–Crippen LogP) is 3.78. The van der Waals surface area contributed by atoms with Gasteiger partial charge in [0.1, 0.15) is 0 Å². The van der Waals surface area contributed by atoms with Gasteiger partial charge in [-0.25, -0.2) is 0 Å². The van der Waals surface area contributed by atoms with E-state index in [2.05, 4.69) is 33.5 Å². The lowest BCUT2D eigenvalue weighted by atomic mass is 10.1. The van der Waals surface area contributed by atoms with E-state index in [9.17, 15) is 0 Å². The second kappa shape index (κ2) is 7.78. The Hall–Kier alpha value is -0.570. The van der Waals surface area contributed by atoms with Gasteiger partial charge in [0.05, 0.1) is 18.5 Å². The first kappa shape index (κ1) is 13.9. The molecule has 0 N–H and O–H groups in total. The molecule has 0 aliphatic carbocycles. The number of halogens is 1. The highest BCUT2D eigenvalue weighted by Gasteiger charge is 2.08. The zero-order chi connectivity index (χ0) is 12.6. The largest absolute Gasteiger partial charge is 0.303 e. The minimum atomic E-state index is 0.482. The third-order valence-corrected chi connectivity index (χ3v) is 3.74. The van der Waals surface area contributed by atoms with Crippen molar-refractivity contribution in [1.82, 2.24) is 4.90 Å². The first-order chi connectivity index (χ1) is 8.88. The summed E-state index contributed by atoms with van der Waals surface area (Å²) >= 11 is 5.24. The van der Waals surface area contributed by atoms with Crippen molar-refractivity contribution in [2.24, 2.45) is 0 Å². The molecule has 0 saturated carbocycles. The maximum absolute atomic E-state index is 5.24. The molecule has 2 nitrogen and oxygen atoms in total. The number of hydrogen-bond donors (Lipinski definition) is 0. The van der Waals surface area contributed by atoms with E-state index in [1.165, 1.54) is 57.3 Å². The molecule has 0 amide bonds. The highest BCUT2D eigenvalue weighted by Crippen LogP contribution is 2.11. The van der Waals surface area contributed by atoms with Gasteiger partial charge in [-0.15, -0.1) is 0 Å². The van der Waals surface area contributed by atoms with Crippen LogP contribution in [0.5, 0.6) is 0 Å². The lowest BCUT2D eigenvalue weighted by Gasteiger charge is -2.26. The molecule has 1 aromatic carbocycles. The van der Waals surface area contributed by atoms with E-state index in [0.717, 1.165) is 5.56 Å². The van der Waals surface area contributed by atoms with Gasteiger partial charge in [0, 0.05) is 0 Å². The molecular formula is C15H22ClNO. The molecule has 1 aliphatic rings. The van der Waals surface area contributed by atoms with Crippen LogP contribution in [0.1, 0.15) is 36.8 Å². The summed E-state index contributed by atoms with van der Waals surface area (Å²) in [5, 5.41) is 0. The lowest BCUT2D eigenvalue weighted by Crippen LogP contribution is -2.30. The van der Waals surface area contributed by atoms with Gasteiger partial charge >= 0.3 is 0 Å². The van der Waals surface area contributed by atoms with E-state index < -0.39 is 0 Å². The molecule has 0 unspecified atom stereocenters. The van der Waals surface area contributed by atoms with Gasteiger partial charge in [-0.05, 0) is 56.4 Å². The Kier molecular flexibility index (Phi) is 5.98. The van der Waals surface area contributed by atoms with Gasteiger partial charge in [-0.1, -0.05) is 30.7 Å². The molecule has 0 aromatic heterocycles. The Labute approximate surface area is 115 Å². The fourth-order valence-corrected chi connectivity index (χ4v) is 2.68. The van der Waals surface area contributed by atoms with Crippen molar-refractivity contribution in [2.45, 2.75) is 38.7 Å². The van der Waals surface area contributed by atoms with Gasteiger partial charge in [-0.2, -0.15) is 0 Å². The molecular weight excluding hydrogens is 246 g/mol. The van der Waals surface area contributed by atoms with Gasteiger partial charge < -0.3 is 4.90 Å². The fraction of sp³-hybridized carbons (Fsp3) is 0.600. The van der Waals surface area contributed by atoms with Crippen LogP contribution in [0.15, 0.2) is 24.3 Å². The zero-order valence-corrected chi connectivity index (χ0v) is 11.7. The molecule has 0 bridgehead atoms. The molecule has 100 valence electrons. The van der Waals surface area contributed by atoms with Crippen LogP contribution in [0.25, 0.3) is 0 Å². The van der Waals surface area contributed by atoms with Crippen LogP contribution in [-0.2, 0) is 17.3 Å². The number of piperidine rings is 1. The average Bonchev–Trinajstić information content (AvgIpc) is 2.42. The molecule has 2 rings (SSSR count). The van der Waals surface area contributed by atoms with Crippen LogP contribution >= 0.6 is 11.9 Å². The van der Waals surface area contributed by atoms with E-state index in [1.54, 1.807) is 0 Å². The van der Waals surface area contributed by atoms with Crippen molar-refractivity contribution in [1.29, 1.82) is 0 Å². The second-order valence-corrected chi connectivity index (χ2v) is 5.29. The lowest BCUT2D eigenvalue weighted by molar-refractivity contribution is 0.226. The van der Waals surface area contributed by atoms with E-state index in [4.69, 9.17) is 11.9 Å². The smallest absolute Gasteiger partial charge is 0.0933 e. The monoisotopic (exact) mass is 267 g/mol. The van der Waals surface area contributed by atoms with E-state index in [-0.39, 0.29) is 0 Å². The first-order valence-corrected chi connectivity index (χ1v) is 7.23. The van der Waals surface area contributed by atoms with Crippen molar-refractivity contribution in [2.75, 3.05) is 19.6 Å². The van der Waals surface area contributed by atoms with E-state index in [0.29, 0.717) is 6.61 Å². The molecule has 1 heterocycles. The molecule has 0 atom stereocenters. The summed E-state index contributed by atoms with van der Waals surface area (Å²) in [5.74, 6) is 0. The van der Waals surface area contributed by atoms with Gasteiger partial charge in [-0.3, -0.25) is 4.29 Å².